The maximum Gasteiger partial charge on any atom is 0.269 e. The number of nitro benzene ring substituents is 1. The van der Waals surface area contributed by atoms with Crippen LogP contribution >= 0.6 is 11.8 Å². The summed E-state index contributed by atoms with van der Waals surface area (Å²) in [6.45, 7) is 5.37. The number of thioether (sulfide) groups is 1. The maximum absolute atomic E-state index is 12.5. The lowest BCUT2D eigenvalue weighted by Gasteiger charge is -2.16. The second-order valence-corrected chi connectivity index (χ2v) is 7.13. The van der Waals surface area contributed by atoms with Crippen molar-refractivity contribution in [3.05, 3.63) is 33.9 Å². The summed E-state index contributed by atoms with van der Waals surface area (Å²) in [6.07, 6.45) is 0.624. The van der Waals surface area contributed by atoms with Gasteiger partial charge in [0.2, 0.25) is 11.1 Å². The Kier molecular flexibility index (Phi) is 4.98. The second-order valence-electron chi connectivity index (χ2n) is 6.19. The molecule has 0 N–H and O–H groups in total. The van der Waals surface area contributed by atoms with E-state index in [-0.39, 0.29) is 17.3 Å². The molecule has 9 nitrogen and oxygen atoms in total. The molecule has 0 aliphatic carbocycles. The van der Waals surface area contributed by atoms with Crippen molar-refractivity contribution in [3.63, 3.8) is 0 Å². The van der Waals surface area contributed by atoms with Crippen molar-refractivity contribution in [3.8, 4) is 0 Å². The van der Waals surface area contributed by atoms with Crippen molar-refractivity contribution >= 4 is 29.0 Å². The lowest BCUT2D eigenvalue weighted by Crippen LogP contribution is -2.30. The van der Waals surface area contributed by atoms with E-state index in [2.05, 4.69) is 29.4 Å². The van der Waals surface area contributed by atoms with Gasteiger partial charge in [-0.1, -0.05) is 25.6 Å². The summed E-state index contributed by atoms with van der Waals surface area (Å²) in [5.41, 5.74) is 1.63. The smallest absolute Gasteiger partial charge is 0.269 e. The first-order chi connectivity index (χ1) is 12.0. The number of carbonyl (C=O) groups is 1. The van der Waals surface area contributed by atoms with Gasteiger partial charge in [-0.15, -0.1) is 5.10 Å². The largest absolute Gasteiger partial charge is 0.311 e. The first kappa shape index (κ1) is 17.3. The molecule has 1 aliphatic heterocycles. The van der Waals surface area contributed by atoms with E-state index < -0.39 is 4.92 Å². The fourth-order valence-corrected chi connectivity index (χ4v) is 3.49. The molecule has 3 rings (SSSR count). The van der Waals surface area contributed by atoms with E-state index in [4.69, 9.17) is 0 Å². The molecule has 2 heterocycles. The standard InChI is InChI=1S/C15H18N6O3S/c1-10(2)8-20-15(16-17-18-20)25-9-14(22)19-6-5-11-7-12(21(23)24)3-4-13(11)19/h3-4,7,10H,5-6,8-9H2,1-2H3. The van der Waals surface area contributed by atoms with E-state index in [0.29, 0.717) is 30.6 Å². The summed E-state index contributed by atoms with van der Waals surface area (Å²) in [6, 6.07) is 4.62. The third-order valence-corrected chi connectivity index (χ3v) is 4.77. The zero-order valence-electron chi connectivity index (χ0n) is 14.0. The highest BCUT2D eigenvalue weighted by atomic mass is 32.2. The van der Waals surface area contributed by atoms with E-state index in [1.54, 1.807) is 21.7 Å². The Labute approximate surface area is 148 Å². The van der Waals surface area contributed by atoms with E-state index in [9.17, 15) is 14.9 Å². The predicted molar refractivity (Wildman–Crippen MR) is 92.5 cm³/mol. The molecule has 10 heteroatoms. The van der Waals surface area contributed by atoms with Gasteiger partial charge in [-0.05, 0) is 34.4 Å². The number of rotatable bonds is 6. The number of aromatic nitrogens is 4. The third-order valence-electron chi connectivity index (χ3n) is 3.83. The molecule has 0 fully saturated rings. The summed E-state index contributed by atoms with van der Waals surface area (Å²) in [5, 5.41) is 23.0. The van der Waals surface area contributed by atoms with Crippen LogP contribution in [0.5, 0.6) is 0 Å². The fourth-order valence-electron chi connectivity index (χ4n) is 2.73. The molecule has 132 valence electrons. The van der Waals surface area contributed by atoms with Crippen LogP contribution in [-0.4, -0.2) is 43.3 Å². The van der Waals surface area contributed by atoms with Crippen LogP contribution < -0.4 is 4.90 Å². The van der Waals surface area contributed by atoms with Crippen molar-refractivity contribution in [1.82, 2.24) is 20.2 Å². The van der Waals surface area contributed by atoms with Gasteiger partial charge in [-0.25, -0.2) is 4.68 Å². The minimum absolute atomic E-state index is 0.0512. The normalized spacial score (nSPS) is 13.3. The summed E-state index contributed by atoms with van der Waals surface area (Å²) in [7, 11) is 0. The molecule has 0 saturated heterocycles. The Balaban J connectivity index is 1.66. The van der Waals surface area contributed by atoms with Gasteiger partial charge in [0.05, 0.1) is 10.7 Å². The van der Waals surface area contributed by atoms with E-state index in [1.807, 2.05) is 0 Å². The van der Waals surface area contributed by atoms with Crippen LogP contribution in [0.25, 0.3) is 0 Å². The topological polar surface area (TPSA) is 107 Å². The van der Waals surface area contributed by atoms with Crippen molar-refractivity contribution in [2.45, 2.75) is 32.0 Å². The quantitative estimate of drug-likeness (QED) is 0.439. The highest BCUT2D eigenvalue weighted by Gasteiger charge is 2.26. The Morgan fingerprint density at radius 1 is 1.44 bits per heavy atom. The number of nitrogens with zero attached hydrogens (tertiary/aromatic N) is 6. The van der Waals surface area contributed by atoms with Crippen molar-refractivity contribution in [1.29, 1.82) is 0 Å². The number of non-ortho nitro benzene ring substituents is 1. The Hall–Kier alpha value is -2.49. The number of fused-ring (bicyclic) bond motifs is 1. The fraction of sp³-hybridized carbons (Fsp3) is 0.467. The monoisotopic (exact) mass is 362 g/mol. The molecule has 1 aliphatic rings. The lowest BCUT2D eigenvalue weighted by molar-refractivity contribution is -0.384. The number of anilines is 1. The number of hydrogen-bond donors (Lipinski definition) is 0. The third kappa shape index (κ3) is 3.78. The van der Waals surface area contributed by atoms with Crippen LogP contribution in [-0.2, 0) is 17.8 Å². The van der Waals surface area contributed by atoms with Crippen LogP contribution in [0.2, 0.25) is 0 Å². The van der Waals surface area contributed by atoms with E-state index >= 15 is 0 Å². The molecule has 0 atom stereocenters. The number of tetrazole rings is 1. The molecule has 2 aromatic rings. The number of nitro groups is 1. The molecule has 1 amide bonds. The van der Waals surface area contributed by atoms with Gasteiger partial charge in [0.15, 0.2) is 0 Å². The molecule has 0 spiro atoms. The van der Waals surface area contributed by atoms with Crippen LogP contribution in [0.1, 0.15) is 19.4 Å². The average Bonchev–Trinajstić information content (AvgIpc) is 3.18. The van der Waals surface area contributed by atoms with Crippen LogP contribution in [0.15, 0.2) is 23.4 Å². The van der Waals surface area contributed by atoms with Gasteiger partial charge >= 0.3 is 0 Å². The summed E-state index contributed by atoms with van der Waals surface area (Å²) in [4.78, 5) is 24.7. The molecule has 0 saturated carbocycles. The SMILES string of the molecule is CC(C)Cn1nnnc1SCC(=O)N1CCc2cc([N+](=O)[O-])ccc21. The van der Waals surface area contributed by atoms with Gasteiger partial charge in [0, 0.05) is 30.9 Å². The summed E-state index contributed by atoms with van der Waals surface area (Å²) in [5.74, 6) is 0.561. The van der Waals surface area contributed by atoms with Crippen LogP contribution in [0, 0.1) is 16.0 Å². The number of hydrogen-bond acceptors (Lipinski definition) is 7. The van der Waals surface area contributed by atoms with E-state index in [1.165, 1.54) is 17.8 Å². The number of amides is 1. The molecular weight excluding hydrogens is 344 g/mol. The number of carbonyl (C=O) groups excluding carboxylic acids is 1. The molecular formula is C15H18N6O3S. The summed E-state index contributed by atoms with van der Waals surface area (Å²) < 4.78 is 1.70. The molecule has 0 unspecified atom stereocenters. The Morgan fingerprint density at radius 3 is 2.96 bits per heavy atom. The van der Waals surface area contributed by atoms with Gasteiger partial charge in [0.1, 0.15) is 0 Å². The molecule has 0 bridgehead atoms. The molecule has 1 aromatic heterocycles. The van der Waals surface area contributed by atoms with E-state index in [0.717, 1.165) is 11.3 Å². The van der Waals surface area contributed by atoms with Crippen molar-refractivity contribution < 1.29 is 9.72 Å². The maximum atomic E-state index is 12.5. The van der Waals surface area contributed by atoms with Gasteiger partial charge in [-0.2, -0.15) is 0 Å². The zero-order chi connectivity index (χ0) is 18.0. The Morgan fingerprint density at radius 2 is 2.24 bits per heavy atom. The minimum atomic E-state index is -0.421. The Bertz CT molecular complexity index is 806. The first-order valence-corrected chi connectivity index (χ1v) is 8.91. The highest BCUT2D eigenvalue weighted by Crippen LogP contribution is 2.32. The summed E-state index contributed by atoms with van der Waals surface area (Å²) >= 11 is 1.30. The second kappa shape index (κ2) is 7.18. The molecule has 1 aromatic carbocycles. The lowest BCUT2D eigenvalue weighted by atomic mass is 10.1. The first-order valence-electron chi connectivity index (χ1n) is 7.92. The molecule has 25 heavy (non-hydrogen) atoms. The molecule has 0 radical (unpaired) electrons. The highest BCUT2D eigenvalue weighted by molar-refractivity contribution is 7.99. The number of benzene rings is 1. The van der Waals surface area contributed by atoms with Crippen LogP contribution in [0.4, 0.5) is 11.4 Å². The average molecular weight is 362 g/mol. The minimum Gasteiger partial charge on any atom is -0.311 e. The van der Waals surface area contributed by atoms with Gasteiger partial charge in [0.25, 0.3) is 5.69 Å². The van der Waals surface area contributed by atoms with Crippen molar-refractivity contribution in [2.24, 2.45) is 5.92 Å². The van der Waals surface area contributed by atoms with Crippen LogP contribution in [0.3, 0.4) is 0 Å². The van der Waals surface area contributed by atoms with Gasteiger partial charge < -0.3 is 4.90 Å². The predicted octanol–water partition coefficient (Wildman–Crippen LogP) is 1.92. The van der Waals surface area contributed by atoms with Crippen molar-refractivity contribution in [2.75, 3.05) is 17.2 Å². The van der Waals surface area contributed by atoms with Gasteiger partial charge in [-0.3, -0.25) is 14.9 Å². The zero-order valence-corrected chi connectivity index (χ0v) is 14.8.